The van der Waals surface area contributed by atoms with Gasteiger partial charge in [0.05, 0.1) is 5.69 Å². The molecule has 0 aliphatic carbocycles. The van der Waals surface area contributed by atoms with Gasteiger partial charge in [-0.15, -0.1) is 0 Å². The summed E-state index contributed by atoms with van der Waals surface area (Å²) in [5, 5.41) is 3.23. The molecular formula is C19H20ClN3O2. The predicted molar refractivity (Wildman–Crippen MR) is 99.1 cm³/mol. The van der Waals surface area contributed by atoms with E-state index in [0.29, 0.717) is 17.9 Å². The number of anilines is 1. The maximum atomic E-state index is 12.6. The fraction of sp³-hybridized carbons (Fsp3) is 0.263. The highest BCUT2D eigenvalue weighted by Gasteiger charge is 2.33. The van der Waals surface area contributed by atoms with Crippen LogP contribution < -0.4 is 16.0 Å². The van der Waals surface area contributed by atoms with E-state index in [1.165, 1.54) is 0 Å². The van der Waals surface area contributed by atoms with Gasteiger partial charge in [-0.3, -0.25) is 4.79 Å². The minimum Gasteiger partial charge on any atom is -0.352 e. The zero-order valence-corrected chi connectivity index (χ0v) is 14.9. The number of rotatable bonds is 3. The van der Waals surface area contributed by atoms with Crippen molar-refractivity contribution in [1.82, 2.24) is 5.32 Å². The third-order valence-electron chi connectivity index (χ3n) is 4.63. The lowest BCUT2D eigenvalue weighted by Crippen LogP contribution is -2.53. The van der Waals surface area contributed by atoms with E-state index in [1.807, 2.05) is 43.3 Å². The molecule has 0 saturated heterocycles. The molecular weight excluding hydrogens is 338 g/mol. The molecule has 0 spiro atoms. The van der Waals surface area contributed by atoms with Gasteiger partial charge in [0.25, 0.3) is 0 Å². The summed E-state index contributed by atoms with van der Waals surface area (Å²) in [7, 11) is 1.73. The Morgan fingerprint density at radius 1 is 1.32 bits per heavy atom. The first-order valence-electron chi connectivity index (χ1n) is 8.06. The van der Waals surface area contributed by atoms with E-state index < -0.39 is 12.1 Å². The number of halogens is 1. The number of carbonyl (C=O) groups excluding carboxylic acids is 2. The second-order valence-electron chi connectivity index (χ2n) is 6.30. The van der Waals surface area contributed by atoms with Gasteiger partial charge in [-0.1, -0.05) is 41.9 Å². The number of hydrogen-bond donors (Lipinski definition) is 2. The van der Waals surface area contributed by atoms with Crippen LogP contribution in [0.5, 0.6) is 0 Å². The van der Waals surface area contributed by atoms with Crippen LogP contribution in [0, 0.1) is 6.92 Å². The summed E-state index contributed by atoms with van der Waals surface area (Å²) >= 11 is 6.31. The van der Waals surface area contributed by atoms with Gasteiger partial charge in [-0.05, 0) is 35.2 Å². The number of urea groups is 1. The van der Waals surface area contributed by atoms with Crippen molar-refractivity contribution in [3.05, 3.63) is 63.7 Å². The fourth-order valence-electron chi connectivity index (χ4n) is 3.36. The molecule has 0 fully saturated rings. The van der Waals surface area contributed by atoms with Crippen LogP contribution in [0.4, 0.5) is 10.5 Å². The standard InChI is InChI=1S/C19H20ClN3O2/c1-11-7-8-13-10-16(22-19(21)25)18(24)23(2)17(13)14(11)9-12-5-3-4-6-15(12)20/h3-8,16H,9-10H2,1-2H3,(H3,21,22,25)/t16-/m1/s1. The molecule has 0 saturated carbocycles. The molecule has 130 valence electrons. The van der Waals surface area contributed by atoms with Crippen molar-refractivity contribution in [2.45, 2.75) is 25.8 Å². The van der Waals surface area contributed by atoms with Crippen LogP contribution in [0.25, 0.3) is 0 Å². The first kappa shape index (κ1) is 17.3. The van der Waals surface area contributed by atoms with Crippen LogP contribution in [-0.2, 0) is 17.6 Å². The first-order chi connectivity index (χ1) is 11.9. The number of nitrogens with two attached hydrogens (primary N) is 1. The summed E-state index contributed by atoms with van der Waals surface area (Å²) in [4.78, 5) is 25.4. The average Bonchev–Trinajstić information content (AvgIpc) is 2.56. The van der Waals surface area contributed by atoms with E-state index in [0.717, 1.165) is 27.9 Å². The molecule has 0 radical (unpaired) electrons. The number of primary amides is 1. The molecule has 2 aromatic carbocycles. The number of fused-ring (bicyclic) bond motifs is 1. The molecule has 1 atom stereocenters. The second-order valence-corrected chi connectivity index (χ2v) is 6.71. The monoisotopic (exact) mass is 357 g/mol. The molecule has 3 amide bonds. The van der Waals surface area contributed by atoms with E-state index >= 15 is 0 Å². The number of hydrogen-bond acceptors (Lipinski definition) is 2. The van der Waals surface area contributed by atoms with E-state index in [1.54, 1.807) is 11.9 Å². The summed E-state index contributed by atoms with van der Waals surface area (Å²) in [6.45, 7) is 2.03. The van der Waals surface area contributed by atoms with E-state index in [9.17, 15) is 9.59 Å². The zero-order valence-electron chi connectivity index (χ0n) is 14.2. The molecule has 3 N–H and O–H groups in total. The summed E-state index contributed by atoms with van der Waals surface area (Å²) in [6.07, 6.45) is 1.07. The Morgan fingerprint density at radius 3 is 2.72 bits per heavy atom. The van der Waals surface area contributed by atoms with Gasteiger partial charge in [0.2, 0.25) is 5.91 Å². The van der Waals surface area contributed by atoms with Gasteiger partial charge in [-0.25, -0.2) is 4.79 Å². The number of carbonyl (C=O) groups is 2. The second kappa shape index (κ2) is 6.76. The minimum atomic E-state index is -0.696. The highest BCUT2D eigenvalue weighted by Crippen LogP contribution is 2.35. The van der Waals surface area contributed by atoms with E-state index in [-0.39, 0.29) is 5.91 Å². The maximum absolute atomic E-state index is 12.6. The lowest BCUT2D eigenvalue weighted by Gasteiger charge is -2.34. The molecule has 0 aromatic heterocycles. The minimum absolute atomic E-state index is 0.169. The maximum Gasteiger partial charge on any atom is 0.312 e. The number of amides is 3. The summed E-state index contributed by atoms with van der Waals surface area (Å²) in [5.41, 5.74) is 10.3. The molecule has 25 heavy (non-hydrogen) atoms. The van der Waals surface area contributed by atoms with Crippen LogP contribution in [-0.4, -0.2) is 25.0 Å². The van der Waals surface area contributed by atoms with Crippen molar-refractivity contribution in [3.63, 3.8) is 0 Å². The zero-order chi connectivity index (χ0) is 18.1. The molecule has 5 nitrogen and oxygen atoms in total. The van der Waals surface area contributed by atoms with Gasteiger partial charge in [-0.2, -0.15) is 0 Å². The average molecular weight is 358 g/mol. The Hall–Kier alpha value is -2.53. The molecule has 1 aliphatic heterocycles. The van der Waals surface area contributed by atoms with Crippen LogP contribution in [0.15, 0.2) is 36.4 Å². The third-order valence-corrected chi connectivity index (χ3v) is 5.00. The van der Waals surface area contributed by atoms with Crippen LogP contribution in [0.3, 0.4) is 0 Å². The lowest BCUT2D eigenvalue weighted by atomic mass is 9.89. The van der Waals surface area contributed by atoms with Crippen LogP contribution in [0.2, 0.25) is 5.02 Å². The van der Waals surface area contributed by atoms with Gasteiger partial charge < -0.3 is 16.0 Å². The molecule has 1 aliphatic rings. The third kappa shape index (κ3) is 3.33. The lowest BCUT2D eigenvalue weighted by molar-refractivity contribution is -0.120. The van der Waals surface area contributed by atoms with Crippen LogP contribution in [0.1, 0.15) is 22.3 Å². The molecule has 6 heteroatoms. The SMILES string of the molecule is Cc1ccc2c(c1Cc1ccccc1Cl)N(C)C(=O)[C@H](NC(N)=O)C2. The van der Waals surface area contributed by atoms with Gasteiger partial charge >= 0.3 is 6.03 Å². The summed E-state index contributed by atoms with van der Waals surface area (Å²) in [5.74, 6) is -0.169. The molecule has 3 rings (SSSR count). The number of aryl methyl sites for hydroxylation is 1. The number of likely N-dealkylation sites (N-methyl/N-ethyl adjacent to an activating group) is 1. The normalized spacial score (nSPS) is 16.5. The highest BCUT2D eigenvalue weighted by atomic mass is 35.5. The topological polar surface area (TPSA) is 75.4 Å². The van der Waals surface area contributed by atoms with Crippen molar-refractivity contribution in [2.24, 2.45) is 5.73 Å². The van der Waals surface area contributed by atoms with Crippen molar-refractivity contribution >= 4 is 29.2 Å². The van der Waals surface area contributed by atoms with Gasteiger partial charge in [0.1, 0.15) is 6.04 Å². The van der Waals surface area contributed by atoms with Crippen LogP contribution >= 0.6 is 11.6 Å². The Bertz CT molecular complexity index is 851. The predicted octanol–water partition coefficient (Wildman–Crippen LogP) is 2.80. The highest BCUT2D eigenvalue weighted by molar-refractivity contribution is 6.31. The summed E-state index contributed by atoms with van der Waals surface area (Å²) in [6, 6.07) is 10.4. The first-order valence-corrected chi connectivity index (χ1v) is 8.44. The Balaban J connectivity index is 2.04. The van der Waals surface area contributed by atoms with Crippen molar-refractivity contribution in [1.29, 1.82) is 0 Å². The van der Waals surface area contributed by atoms with Gasteiger partial charge in [0, 0.05) is 24.9 Å². The number of benzene rings is 2. The van der Waals surface area contributed by atoms with Crippen molar-refractivity contribution in [2.75, 3.05) is 11.9 Å². The van der Waals surface area contributed by atoms with Crippen molar-refractivity contribution in [3.8, 4) is 0 Å². The van der Waals surface area contributed by atoms with E-state index in [4.69, 9.17) is 17.3 Å². The molecule has 2 aromatic rings. The van der Waals surface area contributed by atoms with E-state index in [2.05, 4.69) is 5.32 Å². The van der Waals surface area contributed by atoms with Crippen molar-refractivity contribution < 1.29 is 9.59 Å². The molecule has 0 unspecified atom stereocenters. The fourth-order valence-corrected chi connectivity index (χ4v) is 3.56. The summed E-state index contributed by atoms with van der Waals surface area (Å²) < 4.78 is 0. The Kier molecular flexibility index (Phi) is 4.68. The quantitative estimate of drug-likeness (QED) is 0.886. The molecule has 0 bridgehead atoms. The number of nitrogens with one attached hydrogen (secondary N) is 1. The Labute approximate surface area is 151 Å². The number of nitrogens with zero attached hydrogens (tertiary/aromatic N) is 1. The molecule has 1 heterocycles. The largest absolute Gasteiger partial charge is 0.352 e. The Morgan fingerprint density at radius 2 is 2.04 bits per heavy atom. The smallest absolute Gasteiger partial charge is 0.312 e. The van der Waals surface area contributed by atoms with Gasteiger partial charge in [0.15, 0.2) is 0 Å².